The Morgan fingerprint density at radius 3 is 2.80 bits per heavy atom. The first-order valence-electron chi connectivity index (χ1n) is 8.80. The number of hydrogen-bond acceptors (Lipinski definition) is 3. The van der Waals surface area contributed by atoms with Gasteiger partial charge in [-0.2, -0.15) is 0 Å². The zero-order valence-corrected chi connectivity index (χ0v) is 13.7. The van der Waals surface area contributed by atoms with Gasteiger partial charge in [-0.1, -0.05) is 13.8 Å². The molecule has 1 heterocycles. The maximum absolute atomic E-state index is 5.84. The Bertz CT molecular complexity index is 270. The molecule has 4 unspecified atom stereocenters. The summed E-state index contributed by atoms with van der Waals surface area (Å²) in [6.45, 7) is 12.4. The Hall–Kier alpha value is -0.120. The fourth-order valence-electron chi connectivity index (χ4n) is 4.11. The molecule has 1 aliphatic heterocycles. The quantitative estimate of drug-likeness (QED) is 0.811. The Labute approximate surface area is 125 Å². The van der Waals surface area contributed by atoms with E-state index in [4.69, 9.17) is 4.74 Å². The van der Waals surface area contributed by atoms with Crippen molar-refractivity contribution in [2.75, 3.05) is 32.8 Å². The predicted molar refractivity (Wildman–Crippen MR) is 85.1 cm³/mol. The molecule has 0 radical (unpaired) electrons. The van der Waals surface area contributed by atoms with Gasteiger partial charge in [0.2, 0.25) is 0 Å². The average molecular weight is 282 g/mol. The summed E-state index contributed by atoms with van der Waals surface area (Å²) in [5.74, 6) is 1.74. The van der Waals surface area contributed by atoms with Crippen LogP contribution in [0.25, 0.3) is 0 Å². The minimum atomic E-state index is 0.479. The first-order chi connectivity index (χ1) is 9.72. The highest BCUT2D eigenvalue weighted by Crippen LogP contribution is 2.30. The SMILES string of the molecule is CCNC1CCC(C)CC1CN1CCCC(OCC)C1. The van der Waals surface area contributed by atoms with E-state index in [9.17, 15) is 0 Å². The van der Waals surface area contributed by atoms with Crippen LogP contribution in [0.3, 0.4) is 0 Å². The zero-order valence-electron chi connectivity index (χ0n) is 13.7. The second-order valence-corrected chi connectivity index (χ2v) is 6.82. The number of likely N-dealkylation sites (tertiary alicyclic amines) is 1. The fourth-order valence-corrected chi connectivity index (χ4v) is 4.11. The molecule has 1 saturated heterocycles. The summed E-state index contributed by atoms with van der Waals surface area (Å²) in [6, 6.07) is 0.740. The van der Waals surface area contributed by atoms with Crippen molar-refractivity contribution in [3.05, 3.63) is 0 Å². The van der Waals surface area contributed by atoms with Crippen LogP contribution in [0.5, 0.6) is 0 Å². The van der Waals surface area contributed by atoms with E-state index in [1.807, 2.05) is 0 Å². The molecule has 3 heteroatoms. The number of ether oxygens (including phenoxy) is 1. The van der Waals surface area contributed by atoms with E-state index < -0.39 is 0 Å². The van der Waals surface area contributed by atoms with Gasteiger partial charge in [-0.05, 0) is 64.0 Å². The summed E-state index contributed by atoms with van der Waals surface area (Å²) in [5.41, 5.74) is 0. The van der Waals surface area contributed by atoms with E-state index in [0.29, 0.717) is 6.10 Å². The largest absolute Gasteiger partial charge is 0.377 e. The van der Waals surface area contributed by atoms with Crippen molar-refractivity contribution in [1.82, 2.24) is 10.2 Å². The molecule has 2 rings (SSSR count). The van der Waals surface area contributed by atoms with E-state index in [0.717, 1.165) is 37.6 Å². The molecular weight excluding hydrogens is 248 g/mol. The van der Waals surface area contributed by atoms with Crippen molar-refractivity contribution in [3.63, 3.8) is 0 Å². The van der Waals surface area contributed by atoms with E-state index in [2.05, 4.69) is 31.0 Å². The molecule has 0 amide bonds. The average Bonchev–Trinajstić information content (AvgIpc) is 2.43. The zero-order chi connectivity index (χ0) is 14.4. The summed E-state index contributed by atoms with van der Waals surface area (Å²) in [5, 5.41) is 3.72. The molecule has 0 bridgehead atoms. The third kappa shape index (κ3) is 4.71. The molecule has 118 valence electrons. The lowest BCUT2D eigenvalue weighted by Gasteiger charge is -2.40. The first kappa shape index (κ1) is 16.3. The van der Waals surface area contributed by atoms with Crippen molar-refractivity contribution in [3.8, 4) is 0 Å². The van der Waals surface area contributed by atoms with Crippen LogP contribution in [0.2, 0.25) is 0 Å². The van der Waals surface area contributed by atoms with Crippen LogP contribution in [0.4, 0.5) is 0 Å². The molecule has 0 spiro atoms. The number of nitrogens with one attached hydrogen (secondary N) is 1. The van der Waals surface area contributed by atoms with Crippen LogP contribution in [-0.2, 0) is 4.74 Å². The van der Waals surface area contributed by atoms with E-state index >= 15 is 0 Å². The highest BCUT2D eigenvalue weighted by Gasteiger charge is 2.31. The maximum atomic E-state index is 5.84. The Kier molecular flexibility index (Phi) is 6.79. The standard InChI is InChI=1S/C17H34N2O/c1-4-18-17-9-8-14(3)11-15(17)12-19-10-6-7-16(13-19)20-5-2/h14-18H,4-13H2,1-3H3. The lowest BCUT2D eigenvalue weighted by molar-refractivity contribution is -0.00279. The minimum absolute atomic E-state index is 0.479. The molecule has 4 atom stereocenters. The monoisotopic (exact) mass is 282 g/mol. The van der Waals surface area contributed by atoms with Crippen molar-refractivity contribution in [2.45, 2.75) is 65.0 Å². The van der Waals surface area contributed by atoms with Gasteiger partial charge < -0.3 is 15.0 Å². The van der Waals surface area contributed by atoms with Crippen LogP contribution in [0.15, 0.2) is 0 Å². The number of hydrogen-bond donors (Lipinski definition) is 1. The summed E-state index contributed by atoms with van der Waals surface area (Å²) >= 11 is 0. The Morgan fingerprint density at radius 1 is 1.20 bits per heavy atom. The molecule has 2 aliphatic rings. The van der Waals surface area contributed by atoms with Crippen LogP contribution >= 0.6 is 0 Å². The molecule has 2 fully saturated rings. The molecule has 1 N–H and O–H groups in total. The van der Waals surface area contributed by atoms with Crippen LogP contribution in [0, 0.1) is 11.8 Å². The van der Waals surface area contributed by atoms with Gasteiger partial charge in [0.1, 0.15) is 0 Å². The van der Waals surface area contributed by atoms with Gasteiger partial charge in [0.25, 0.3) is 0 Å². The van der Waals surface area contributed by atoms with Gasteiger partial charge in [0.05, 0.1) is 6.10 Å². The fraction of sp³-hybridized carbons (Fsp3) is 1.00. The number of rotatable bonds is 6. The lowest BCUT2D eigenvalue weighted by atomic mass is 9.78. The molecule has 20 heavy (non-hydrogen) atoms. The van der Waals surface area contributed by atoms with Gasteiger partial charge >= 0.3 is 0 Å². The van der Waals surface area contributed by atoms with Crippen molar-refractivity contribution < 1.29 is 4.74 Å². The number of piperidine rings is 1. The summed E-state index contributed by atoms with van der Waals surface area (Å²) in [4.78, 5) is 2.66. The molecule has 0 aromatic rings. The topological polar surface area (TPSA) is 24.5 Å². The molecule has 0 aromatic carbocycles. The Morgan fingerprint density at radius 2 is 2.05 bits per heavy atom. The second-order valence-electron chi connectivity index (χ2n) is 6.82. The van der Waals surface area contributed by atoms with Crippen LogP contribution < -0.4 is 5.32 Å². The van der Waals surface area contributed by atoms with Crippen molar-refractivity contribution >= 4 is 0 Å². The summed E-state index contributed by atoms with van der Waals surface area (Å²) in [6.07, 6.45) is 7.19. The van der Waals surface area contributed by atoms with E-state index in [1.165, 1.54) is 45.2 Å². The first-order valence-corrected chi connectivity index (χ1v) is 8.80. The number of nitrogens with zero attached hydrogens (tertiary/aromatic N) is 1. The van der Waals surface area contributed by atoms with E-state index in [-0.39, 0.29) is 0 Å². The molecule has 3 nitrogen and oxygen atoms in total. The minimum Gasteiger partial charge on any atom is -0.377 e. The van der Waals surface area contributed by atoms with Gasteiger partial charge in [0, 0.05) is 25.7 Å². The van der Waals surface area contributed by atoms with Gasteiger partial charge in [-0.25, -0.2) is 0 Å². The molecular formula is C17H34N2O. The summed E-state index contributed by atoms with van der Waals surface area (Å²) in [7, 11) is 0. The van der Waals surface area contributed by atoms with Crippen LogP contribution in [0.1, 0.15) is 52.9 Å². The maximum Gasteiger partial charge on any atom is 0.0702 e. The van der Waals surface area contributed by atoms with Gasteiger partial charge in [-0.15, -0.1) is 0 Å². The summed E-state index contributed by atoms with van der Waals surface area (Å²) < 4.78 is 5.84. The van der Waals surface area contributed by atoms with Gasteiger partial charge in [-0.3, -0.25) is 0 Å². The highest BCUT2D eigenvalue weighted by atomic mass is 16.5. The highest BCUT2D eigenvalue weighted by molar-refractivity contribution is 4.86. The predicted octanol–water partition coefficient (Wildman–Crippen LogP) is 2.90. The smallest absolute Gasteiger partial charge is 0.0702 e. The third-order valence-electron chi connectivity index (χ3n) is 5.07. The van der Waals surface area contributed by atoms with Crippen LogP contribution in [-0.4, -0.2) is 49.8 Å². The molecule has 1 saturated carbocycles. The second kappa shape index (κ2) is 8.35. The Balaban J connectivity index is 1.85. The normalized spacial score (nSPS) is 36.1. The van der Waals surface area contributed by atoms with Gasteiger partial charge in [0.15, 0.2) is 0 Å². The van der Waals surface area contributed by atoms with Crippen molar-refractivity contribution in [1.29, 1.82) is 0 Å². The molecule has 1 aliphatic carbocycles. The third-order valence-corrected chi connectivity index (χ3v) is 5.07. The van der Waals surface area contributed by atoms with Crippen molar-refractivity contribution in [2.24, 2.45) is 11.8 Å². The van der Waals surface area contributed by atoms with E-state index in [1.54, 1.807) is 0 Å². The molecule has 0 aromatic heterocycles. The lowest BCUT2D eigenvalue weighted by Crippen LogP contribution is -2.48.